The summed E-state index contributed by atoms with van der Waals surface area (Å²) in [6.45, 7) is 0. The predicted octanol–water partition coefficient (Wildman–Crippen LogP) is 17.9. The normalized spacial score (nSPS) is 11.7. The van der Waals surface area contributed by atoms with Gasteiger partial charge in [0.25, 0.3) is 0 Å². The van der Waals surface area contributed by atoms with Crippen LogP contribution in [0, 0.1) is 0 Å². The summed E-state index contributed by atoms with van der Waals surface area (Å²) in [4.78, 5) is 2.40. The van der Waals surface area contributed by atoms with Crippen molar-refractivity contribution < 1.29 is 0 Å². The third kappa shape index (κ3) is 6.39. The number of anilines is 3. The number of benzene rings is 11. The summed E-state index contributed by atoms with van der Waals surface area (Å²) < 4.78 is 5.00. The van der Waals surface area contributed by atoms with Crippen molar-refractivity contribution in [3.05, 3.63) is 243 Å². The van der Waals surface area contributed by atoms with Crippen molar-refractivity contribution in [1.29, 1.82) is 0 Å². The number of hydrogen-bond donors (Lipinski definition) is 0. The first kappa shape index (κ1) is 37.3. The topological polar surface area (TPSA) is 8.17 Å². The number of para-hydroxylation sites is 2. The monoisotopic (exact) mass is 844 g/mol. The van der Waals surface area contributed by atoms with E-state index in [2.05, 4.69) is 252 Å². The second kappa shape index (κ2) is 15.2. The zero-order valence-electron chi connectivity index (χ0n) is 35.4. The highest BCUT2D eigenvalue weighted by molar-refractivity contribution is 7.26. The molecular weight excluding hydrogens is 805 g/mol. The molecule has 0 atom stereocenters. The summed E-state index contributed by atoms with van der Waals surface area (Å²) in [6, 6.07) is 88.9. The Morgan fingerprint density at radius 1 is 0.292 bits per heavy atom. The fraction of sp³-hybridized carbons (Fsp3) is 0. The Labute approximate surface area is 381 Å². The highest BCUT2D eigenvalue weighted by Gasteiger charge is 2.18. The van der Waals surface area contributed by atoms with Crippen LogP contribution in [0.15, 0.2) is 243 Å². The lowest BCUT2D eigenvalue weighted by atomic mass is 9.97. The Balaban J connectivity index is 0.892. The fourth-order valence-electron chi connectivity index (χ4n) is 9.96. The molecule has 13 rings (SSSR count). The van der Waals surface area contributed by atoms with Crippen LogP contribution in [0.1, 0.15) is 0 Å². The third-order valence-corrected chi connectivity index (χ3v) is 14.4. The first-order valence-electron chi connectivity index (χ1n) is 22.2. The van der Waals surface area contributed by atoms with Crippen LogP contribution in [0.5, 0.6) is 0 Å². The van der Waals surface area contributed by atoms with Crippen LogP contribution in [-0.2, 0) is 0 Å². The highest BCUT2D eigenvalue weighted by atomic mass is 32.1. The average Bonchev–Trinajstić information content (AvgIpc) is 3.93. The standard InChI is InChI=1S/C62H40N2S/c1-2-13-45-38-49(24-23-41(45)11-1)47-15-9-14-46(37-47)42-25-30-50(31-26-42)63(53-34-36-57-58-35-29-44-12-3-4-18-54(44)62(58)65-61(57)40-53)51-32-27-43(28-33-51)48-16-10-17-52(39-48)64-59-21-7-5-19-55(59)56-20-6-8-22-60(56)64/h1-40H. The van der Waals surface area contributed by atoms with Gasteiger partial charge in [-0.25, -0.2) is 0 Å². The number of fused-ring (bicyclic) bond motifs is 9. The predicted molar refractivity (Wildman–Crippen MR) is 280 cm³/mol. The molecule has 0 spiro atoms. The van der Waals surface area contributed by atoms with Gasteiger partial charge < -0.3 is 9.47 Å². The summed E-state index contributed by atoms with van der Waals surface area (Å²) in [7, 11) is 0. The molecule has 2 aromatic heterocycles. The third-order valence-electron chi connectivity index (χ3n) is 13.2. The molecule has 3 heteroatoms. The smallest absolute Gasteiger partial charge is 0.0541 e. The van der Waals surface area contributed by atoms with Gasteiger partial charge in [-0.2, -0.15) is 0 Å². The van der Waals surface area contributed by atoms with Crippen molar-refractivity contribution in [2.75, 3.05) is 4.90 Å². The van der Waals surface area contributed by atoms with E-state index in [1.165, 1.54) is 96.9 Å². The van der Waals surface area contributed by atoms with Gasteiger partial charge in [-0.3, -0.25) is 0 Å². The molecule has 0 unspecified atom stereocenters. The van der Waals surface area contributed by atoms with Crippen molar-refractivity contribution in [3.63, 3.8) is 0 Å². The van der Waals surface area contributed by atoms with E-state index in [1.54, 1.807) is 0 Å². The average molecular weight is 845 g/mol. The molecule has 0 aliphatic carbocycles. The van der Waals surface area contributed by atoms with Crippen molar-refractivity contribution in [2.45, 2.75) is 0 Å². The molecular formula is C62H40N2S. The second-order valence-corrected chi connectivity index (χ2v) is 18.0. The van der Waals surface area contributed by atoms with Gasteiger partial charge in [0.15, 0.2) is 0 Å². The molecule has 2 heterocycles. The van der Waals surface area contributed by atoms with E-state index in [-0.39, 0.29) is 0 Å². The van der Waals surface area contributed by atoms with Gasteiger partial charge in [-0.15, -0.1) is 11.3 Å². The molecule has 0 saturated carbocycles. The molecule has 0 aliphatic heterocycles. The van der Waals surface area contributed by atoms with Gasteiger partial charge in [0.05, 0.1) is 11.0 Å². The summed E-state index contributed by atoms with van der Waals surface area (Å²) in [5.41, 5.74) is 14.1. The van der Waals surface area contributed by atoms with E-state index in [9.17, 15) is 0 Å². The lowest BCUT2D eigenvalue weighted by Gasteiger charge is -2.26. The molecule has 0 fully saturated rings. The summed E-state index contributed by atoms with van der Waals surface area (Å²) in [5, 5.41) is 10.2. The molecule has 11 aromatic carbocycles. The van der Waals surface area contributed by atoms with Gasteiger partial charge in [-0.05, 0) is 128 Å². The van der Waals surface area contributed by atoms with E-state index in [4.69, 9.17) is 0 Å². The first-order valence-corrected chi connectivity index (χ1v) is 23.0. The number of thiophene rings is 1. The van der Waals surface area contributed by atoms with Gasteiger partial charge in [0.1, 0.15) is 0 Å². The van der Waals surface area contributed by atoms with Crippen molar-refractivity contribution in [1.82, 2.24) is 4.57 Å². The van der Waals surface area contributed by atoms with Gasteiger partial charge >= 0.3 is 0 Å². The fourth-order valence-corrected chi connectivity index (χ4v) is 11.2. The Bertz CT molecular complexity index is 3900. The van der Waals surface area contributed by atoms with Gasteiger partial charge in [0, 0.05) is 53.7 Å². The van der Waals surface area contributed by atoms with Gasteiger partial charge in [0.2, 0.25) is 0 Å². The minimum atomic E-state index is 1.10. The van der Waals surface area contributed by atoms with Crippen molar-refractivity contribution >= 4 is 91.9 Å². The lowest BCUT2D eigenvalue weighted by molar-refractivity contribution is 1.18. The molecule has 0 N–H and O–H groups in total. The number of rotatable bonds is 7. The van der Waals surface area contributed by atoms with Crippen LogP contribution in [0.4, 0.5) is 17.1 Å². The number of aromatic nitrogens is 1. The molecule has 0 amide bonds. The summed E-state index contributed by atoms with van der Waals surface area (Å²) >= 11 is 1.89. The molecule has 65 heavy (non-hydrogen) atoms. The van der Waals surface area contributed by atoms with Crippen LogP contribution in [0.3, 0.4) is 0 Å². The summed E-state index contributed by atoms with van der Waals surface area (Å²) in [6.07, 6.45) is 0. The highest BCUT2D eigenvalue weighted by Crippen LogP contribution is 2.44. The van der Waals surface area contributed by atoms with E-state index < -0.39 is 0 Å². The van der Waals surface area contributed by atoms with Crippen LogP contribution < -0.4 is 4.90 Å². The SMILES string of the molecule is c1cc(-c2ccc(N(c3ccc(-c4cccc(-n5c6ccccc6c6ccccc65)c4)cc3)c3ccc4c(c3)sc3c5ccccc5ccc43)cc2)cc(-c2ccc3ccccc3c2)c1. The largest absolute Gasteiger partial charge is 0.310 e. The van der Waals surface area contributed by atoms with Crippen molar-refractivity contribution in [2.24, 2.45) is 0 Å². The van der Waals surface area contributed by atoms with E-state index in [0.29, 0.717) is 0 Å². The van der Waals surface area contributed by atoms with Crippen LogP contribution in [0.2, 0.25) is 0 Å². The lowest BCUT2D eigenvalue weighted by Crippen LogP contribution is -2.09. The minimum Gasteiger partial charge on any atom is -0.310 e. The molecule has 2 nitrogen and oxygen atoms in total. The first-order chi connectivity index (χ1) is 32.2. The Hall–Kier alpha value is -8.24. The quantitative estimate of drug-likeness (QED) is 0.155. The number of hydrogen-bond acceptors (Lipinski definition) is 2. The molecule has 13 aromatic rings. The summed E-state index contributed by atoms with van der Waals surface area (Å²) in [5.74, 6) is 0. The second-order valence-electron chi connectivity index (χ2n) is 16.9. The van der Waals surface area contributed by atoms with Gasteiger partial charge in [-0.1, -0.05) is 170 Å². The van der Waals surface area contributed by atoms with Crippen molar-refractivity contribution in [3.8, 4) is 39.1 Å². The van der Waals surface area contributed by atoms with E-state index in [0.717, 1.165) is 22.7 Å². The van der Waals surface area contributed by atoms with Crippen LogP contribution in [-0.4, -0.2) is 4.57 Å². The molecule has 304 valence electrons. The maximum absolute atomic E-state index is 2.40. The molecule has 0 radical (unpaired) electrons. The zero-order chi connectivity index (χ0) is 42.8. The van der Waals surface area contributed by atoms with E-state index >= 15 is 0 Å². The number of nitrogens with zero attached hydrogens (tertiary/aromatic N) is 2. The molecule has 0 aliphatic rings. The van der Waals surface area contributed by atoms with Crippen LogP contribution >= 0.6 is 11.3 Å². The molecule has 0 saturated heterocycles. The Morgan fingerprint density at radius 2 is 0.800 bits per heavy atom. The van der Waals surface area contributed by atoms with E-state index in [1.807, 2.05) is 11.3 Å². The Kier molecular flexibility index (Phi) is 8.75. The minimum absolute atomic E-state index is 1.10. The zero-order valence-corrected chi connectivity index (χ0v) is 36.2. The maximum atomic E-state index is 2.40. The maximum Gasteiger partial charge on any atom is 0.0541 e. The molecule has 0 bridgehead atoms. The Morgan fingerprint density at radius 3 is 1.51 bits per heavy atom. The van der Waals surface area contributed by atoms with Crippen LogP contribution in [0.25, 0.3) is 103 Å².